The monoisotopic (exact) mass is 625 g/mol. The molecule has 1 aliphatic carbocycles. The van der Waals surface area contributed by atoms with Crippen LogP contribution >= 0.6 is 0 Å². The number of anilines is 3. The molecule has 0 unspecified atom stereocenters. The molecule has 0 aromatic heterocycles. The maximum absolute atomic E-state index is 2.50. The lowest BCUT2D eigenvalue weighted by atomic mass is 9.59. The predicted molar refractivity (Wildman–Crippen MR) is 210 cm³/mol. The SMILES string of the molecule is Cc1c(C)c2cc(N(c3ccc4c(c3)C(C)(C)C(C)(C)C4(C)C)c3ccc4c(c3)c(C)c(C)c3ccccc34)ccc2c2ccccc12. The van der Waals surface area contributed by atoms with Crippen molar-refractivity contribution in [1.82, 2.24) is 0 Å². The number of hydrogen-bond acceptors (Lipinski definition) is 1. The maximum atomic E-state index is 2.50. The zero-order valence-electron chi connectivity index (χ0n) is 30.3. The molecule has 1 heteroatoms. The Morgan fingerprint density at radius 2 is 0.708 bits per heavy atom. The molecule has 0 saturated carbocycles. The average molecular weight is 626 g/mol. The lowest BCUT2D eigenvalue weighted by Gasteiger charge is -2.44. The third kappa shape index (κ3) is 3.97. The van der Waals surface area contributed by atoms with Gasteiger partial charge in [0.2, 0.25) is 0 Å². The van der Waals surface area contributed by atoms with E-state index in [2.05, 4.69) is 177 Å². The normalized spacial score (nSPS) is 16.2. The number of fused-ring (bicyclic) bond motifs is 7. The van der Waals surface area contributed by atoms with Gasteiger partial charge in [0.15, 0.2) is 0 Å². The number of nitrogens with zero attached hydrogens (tertiary/aromatic N) is 1. The largest absolute Gasteiger partial charge is 0.310 e. The van der Waals surface area contributed by atoms with Gasteiger partial charge in [-0.25, -0.2) is 0 Å². The van der Waals surface area contributed by atoms with Gasteiger partial charge in [0.25, 0.3) is 0 Å². The van der Waals surface area contributed by atoms with Crippen molar-refractivity contribution in [2.45, 2.75) is 80.1 Å². The second-order valence-corrected chi connectivity index (χ2v) is 16.0. The molecule has 0 fully saturated rings. The Kier molecular flexibility index (Phi) is 6.52. The fourth-order valence-electron chi connectivity index (χ4n) is 8.97. The second kappa shape index (κ2) is 10.2. The van der Waals surface area contributed by atoms with Crippen LogP contribution in [0.4, 0.5) is 17.1 Å². The van der Waals surface area contributed by atoms with Crippen LogP contribution in [0, 0.1) is 33.1 Å². The standard InChI is InChI=1S/C47H47N/c1-28-30(3)41-25-32(19-22-39(41)37-17-13-11-15-35(28)37)48(34-21-24-43-44(27-34)46(7,8)47(9,10)45(43,5)6)33-20-23-40-38-18-14-12-16-36(38)29(2)31(4)42(40)26-33/h11-27H,1-10H3. The van der Waals surface area contributed by atoms with Gasteiger partial charge in [-0.05, 0) is 157 Å². The van der Waals surface area contributed by atoms with E-state index in [1.54, 1.807) is 0 Å². The van der Waals surface area contributed by atoms with Gasteiger partial charge in [0, 0.05) is 17.1 Å². The van der Waals surface area contributed by atoms with Crippen LogP contribution in [0.15, 0.2) is 103 Å². The molecule has 0 bridgehead atoms. The first-order chi connectivity index (χ1) is 22.8. The highest BCUT2D eigenvalue weighted by molar-refractivity contribution is 6.13. The summed E-state index contributed by atoms with van der Waals surface area (Å²) in [6, 6.07) is 39.2. The van der Waals surface area contributed by atoms with Crippen LogP contribution in [0.1, 0.15) is 74.9 Å². The van der Waals surface area contributed by atoms with E-state index in [9.17, 15) is 0 Å². The van der Waals surface area contributed by atoms with Crippen LogP contribution in [0.2, 0.25) is 0 Å². The number of hydrogen-bond donors (Lipinski definition) is 0. The first kappa shape index (κ1) is 30.7. The van der Waals surface area contributed by atoms with E-state index in [4.69, 9.17) is 0 Å². The van der Waals surface area contributed by atoms with E-state index < -0.39 is 0 Å². The molecule has 0 spiro atoms. The van der Waals surface area contributed by atoms with Crippen molar-refractivity contribution >= 4 is 60.2 Å². The topological polar surface area (TPSA) is 3.24 Å². The first-order valence-corrected chi connectivity index (χ1v) is 17.5. The zero-order chi connectivity index (χ0) is 33.9. The molecular weight excluding hydrogens is 579 g/mol. The summed E-state index contributed by atoms with van der Waals surface area (Å²) in [6.45, 7) is 23.7. The number of aryl methyl sites for hydroxylation is 4. The third-order valence-electron chi connectivity index (χ3n) is 13.4. The highest BCUT2D eigenvalue weighted by atomic mass is 15.1. The van der Waals surface area contributed by atoms with E-state index >= 15 is 0 Å². The molecule has 48 heavy (non-hydrogen) atoms. The molecule has 0 heterocycles. The Bertz CT molecular complexity index is 2340. The summed E-state index contributed by atoms with van der Waals surface area (Å²) < 4.78 is 0. The molecular formula is C47H47N. The fraction of sp³-hybridized carbons (Fsp3) is 0.277. The average Bonchev–Trinajstić information content (AvgIpc) is 3.19. The van der Waals surface area contributed by atoms with Crippen LogP contribution in [0.5, 0.6) is 0 Å². The lowest BCUT2D eigenvalue weighted by Crippen LogP contribution is -2.42. The third-order valence-corrected chi connectivity index (χ3v) is 13.4. The van der Waals surface area contributed by atoms with Gasteiger partial charge >= 0.3 is 0 Å². The predicted octanol–water partition coefficient (Wildman–Crippen LogP) is 13.6. The number of benzene rings is 7. The lowest BCUT2D eigenvalue weighted by molar-refractivity contribution is 0.125. The van der Waals surface area contributed by atoms with Crippen molar-refractivity contribution in [3.8, 4) is 0 Å². The summed E-state index contributed by atoms with van der Waals surface area (Å²) in [5.74, 6) is 0. The summed E-state index contributed by atoms with van der Waals surface area (Å²) in [5, 5.41) is 10.6. The summed E-state index contributed by atoms with van der Waals surface area (Å²) >= 11 is 0. The van der Waals surface area contributed by atoms with Gasteiger partial charge in [-0.1, -0.05) is 108 Å². The number of rotatable bonds is 3. The first-order valence-electron chi connectivity index (χ1n) is 17.5. The van der Waals surface area contributed by atoms with E-state index in [1.807, 2.05) is 0 Å². The highest BCUT2D eigenvalue weighted by Crippen LogP contribution is 2.62. The van der Waals surface area contributed by atoms with E-state index in [1.165, 1.54) is 93.5 Å². The van der Waals surface area contributed by atoms with Crippen LogP contribution in [-0.4, -0.2) is 0 Å². The van der Waals surface area contributed by atoms with Crippen LogP contribution in [-0.2, 0) is 10.8 Å². The van der Waals surface area contributed by atoms with Crippen LogP contribution in [0.25, 0.3) is 43.1 Å². The van der Waals surface area contributed by atoms with Gasteiger partial charge in [-0.3, -0.25) is 0 Å². The minimum absolute atomic E-state index is 0.0134. The molecule has 1 aliphatic rings. The molecule has 0 aliphatic heterocycles. The Morgan fingerprint density at radius 1 is 0.354 bits per heavy atom. The molecule has 0 saturated heterocycles. The van der Waals surface area contributed by atoms with Crippen molar-refractivity contribution in [3.05, 3.63) is 137 Å². The molecule has 0 atom stereocenters. The van der Waals surface area contributed by atoms with Crippen molar-refractivity contribution in [3.63, 3.8) is 0 Å². The van der Waals surface area contributed by atoms with Gasteiger partial charge in [-0.15, -0.1) is 0 Å². The summed E-state index contributed by atoms with van der Waals surface area (Å²) in [4.78, 5) is 2.50. The quantitative estimate of drug-likeness (QED) is 0.177. The Labute approximate surface area is 286 Å². The molecule has 8 rings (SSSR count). The summed E-state index contributed by atoms with van der Waals surface area (Å²) in [6.07, 6.45) is 0. The molecule has 7 aromatic carbocycles. The Morgan fingerprint density at radius 3 is 1.19 bits per heavy atom. The molecule has 7 aromatic rings. The van der Waals surface area contributed by atoms with Crippen molar-refractivity contribution < 1.29 is 0 Å². The molecule has 240 valence electrons. The van der Waals surface area contributed by atoms with Gasteiger partial charge < -0.3 is 4.90 Å². The van der Waals surface area contributed by atoms with Gasteiger partial charge in [-0.2, -0.15) is 0 Å². The van der Waals surface area contributed by atoms with Gasteiger partial charge in [0.1, 0.15) is 0 Å². The van der Waals surface area contributed by atoms with Crippen LogP contribution in [0.3, 0.4) is 0 Å². The maximum Gasteiger partial charge on any atom is 0.0468 e. The van der Waals surface area contributed by atoms with E-state index in [0.717, 1.165) is 0 Å². The van der Waals surface area contributed by atoms with Crippen molar-refractivity contribution in [1.29, 1.82) is 0 Å². The molecule has 1 nitrogen and oxygen atoms in total. The molecule has 0 radical (unpaired) electrons. The Hall–Kier alpha value is -4.62. The van der Waals surface area contributed by atoms with E-state index in [-0.39, 0.29) is 16.2 Å². The zero-order valence-corrected chi connectivity index (χ0v) is 30.3. The fourth-order valence-corrected chi connectivity index (χ4v) is 8.97. The minimum Gasteiger partial charge on any atom is -0.310 e. The second-order valence-electron chi connectivity index (χ2n) is 16.0. The summed E-state index contributed by atoms with van der Waals surface area (Å²) in [7, 11) is 0. The van der Waals surface area contributed by atoms with Crippen molar-refractivity contribution in [2.24, 2.45) is 5.41 Å². The summed E-state index contributed by atoms with van der Waals surface area (Å²) in [5.41, 5.74) is 12.1. The smallest absolute Gasteiger partial charge is 0.0468 e. The van der Waals surface area contributed by atoms with Crippen LogP contribution < -0.4 is 4.90 Å². The highest BCUT2D eigenvalue weighted by Gasteiger charge is 2.56. The Balaban J connectivity index is 1.42. The van der Waals surface area contributed by atoms with E-state index in [0.29, 0.717) is 0 Å². The molecule has 0 N–H and O–H groups in total. The minimum atomic E-state index is 0.0134. The van der Waals surface area contributed by atoms with Crippen molar-refractivity contribution in [2.75, 3.05) is 4.90 Å². The van der Waals surface area contributed by atoms with Gasteiger partial charge in [0.05, 0.1) is 0 Å². The molecule has 0 amide bonds.